The molecule has 1 fully saturated rings. The highest BCUT2D eigenvalue weighted by Gasteiger charge is 2.33. The molecule has 2 heterocycles. The smallest absolute Gasteiger partial charge is 0.168 e. The number of phenols is 1. The third-order valence-corrected chi connectivity index (χ3v) is 6.45. The van der Waals surface area contributed by atoms with E-state index in [-0.39, 0.29) is 5.75 Å². The average Bonchev–Trinajstić information content (AvgIpc) is 3.18. The molecule has 2 aliphatic heterocycles. The van der Waals surface area contributed by atoms with Crippen LogP contribution in [-0.4, -0.2) is 43.9 Å². The molecule has 2 aliphatic rings. The van der Waals surface area contributed by atoms with Crippen molar-refractivity contribution in [1.29, 1.82) is 0 Å². The van der Waals surface area contributed by atoms with Gasteiger partial charge in [0.15, 0.2) is 23.0 Å². The molecule has 0 aliphatic carbocycles. The lowest BCUT2D eigenvalue weighted by molar-refractivity contribution is 0.229. The normalized spacial score (nSPS) is 18.9. The first-order valence-corrected chi connectivity index (χ1v) is 9.79. The van der Waals surface area contributed by atoms with E-state index in [0.717, 1.165) is 46.8 Å². The average molecular weight is 379 g/mol. The Bertz CT molecular complexity index is 1090. The molecule has 28 heavy (non-hydrogen) atoms. The Morgan fingerprint density at radius 3 is 2.39 bits per heavy atom. The van der Waals surface area contributed by atoms with E-state index < -0.39 is 0 Å². The summed E-state index contributed by atoms with van der Waals surface area (Å²) in [5.74, 6) is 2.08. The molecule has 0 unspecified atom stereocenters. The molecular weight excluding hydrogens is 354 g/mol. The van der Waals surface area contributed by atoms with Crippen LogP contribution in [0.2, 0.25) is 0 Å². The van der Waals surface area contributed by atoms with Crippen molar-refractivity contribution in [2.24, 2.45) is 0 Å². The van der Waals surface area contributed by atoms with Crippen LogP contribution in [0.5, 0.6) is 23.0 Å². The highest BCUT2D eigenvalue weighted by Crippen LogP contribution is 2.47. The summed E-state index contributed by atoms with van der Waals surface area (Å²) in [6.07, 6.45) is 3.54. The van der Waals surface area contributed by atoms with Gasteiger partial charge in [-0.2, -0.15) is 0 Å². The number of rotatable bonds is 3. The van der Waals surface area contributed by atoms with Crippen molar-refractivity contribution in [2.75, 3.05) is 27.9 Å². The van der Waals surface area contributed by atoms with E-state index in [0.29, 0.717) is 17.5 Å². The predicted octanol–water partition coefficient (Wildman–Crippen LogP) is 4.24. The van der Waals surface area contributed by atoms with Gasteiger partial charge in [0.1, 0.15) is 0 Å². The molecule has 1 atom stereocenters. The van der Waals surface area contributed by atoms with Gasteiger partial charge in [-0.1, -0.05) is 6.07 Å². The Morgan fingerprint density at radius 1 is 0.929 bits per heavy atom. The number of ether oxygens (including phenoxy) is 3. The lowest BCUT2D eigenvalue weighted by atomic mass is 9.85. The van der Waals surface area contributed by atoms with Crippen LogP contribution in [-0.2, 0) is 13.0 Å². The third-order valence-electron chi connectivity index (χ3n) is 6.45. The summed E-state index contributed by atoms with van der Waals surface area (Å²) in [6, 6.07) is 8.47. The maximum atomic E-state index is 10.5. The lowest BCUT2D eigenvalue weighted by Crippen LogP contribution is -2.35. The number of hydrogen-bond acceptors (Lipinski definition) is 5. The van der Waals surface area contributed by atoms with Crippen molar-refractivity contribution in [2.45, 2.75) is 31.8 Å². The number of hydrogen-bond donors (Lipinski definition) is 1. The molecule has 0 aromatic heterocycles. The molecule has 1 N–H and O–H groups in total. The van der Waals surface area contributed by atoms with Gasteiger partial charge in [0.05, 0.1) is 21.3 Å². The number of nitrogens with zero attached hydrogens (tertiary/aromatic N) is 1. The molecule has 3 aromatic rings. The van der Waals surface area contributed by atoms with Gasteiger partial charge in [-0.15, -0.1) is 0 Å². The molecule has 0 spiro atoms. The van der Waals surface area contributed by atoms with Gasteiger partial charge in [-0.3, -0.25) is 4.90 Å². The summed E-state index contributed by atoms with van der Waals surface area (Å²) in [5.41, 5.74) is 2.73. The van der Waals surface area contributed by atoms with E-state index >= 15 is 0 Å². The standard InChI is InChI=1S/C23H25NO4/c1-26-20-10-16-17(11-21(20)27-2)22-14(6-7-19(25)23(22)28-3)15-9-13-5-4-8-24(13)12-18(15)16/h6-7,10-11,13,25H,4-5,8-9,12H2,1-3H3/t13-/m0/s1. The van der Waals surface area contributed by atoms with Crippen LogP contribution in [0.4, 0.5) is 0 Å². The Morgan fingerprint density at radius 2 is 1.68 bits per heavy atom. The zero-order valence-corrected chi connectivity index (χ0v) is 16.5. The second kappa shape index (κ2) is 6.45. The molecule has 1 saturated heterocycles. The molecular formula is C23H25NO4. The zero-order valence-electron chi connectivity index (χ0n) is 16.5. The van der Waals surface area contributed by atoms with Crippen molar-refractivity contribution in [3.05, 3.63) is 35.4 Å². The van der Waals surface area contributed by atoms with Crippen LogP contribution < -0.4 is 14.2 Å². The molecule has 0 radical (unpaired) electrons. The highest BCUT2D eigenvalue weighted by atomic mass is 16.5. The maximum absolute atomic E-state index is 10.5. The van der Waals surface area contributed by atoms with Gasteiger partial charge in [0, 0.05) is 18.0 Å². The fourth-order valence-electron chi connectivity index (χ4n) is 5.14. The van der Waals surface area contributed by atoms with E-state index in [1.807, 2.05) is 12.1 Å². The number of benzene rings is 3. The largest absolute Gasteiger partial charge is 0.504 e. The number of aromatic hydroxyl groups is 1. The van der Waals surface area contributed by atoms with Gasteiger partial charge < -0.3 is 19.3 Å². The fraction of sp³-hybridized carbons (Fsp3) is 0.391. The summed E-state index contributed by atoms with van der Waals surface area (Å²) >= 11 is 0. The SMILES string of the molecule is COc1cc2c3c(c4ccc(O)c(OC)c4c2cc1OC)C[C@@H]1CCCN1C3. The molecule has 5 rings (SSSR count). The molecule has 0 saturated carbocycles. The Labute approximate surface area is 164 Å². The topological polar surface area (TPSA) is 51.2 Å². The quantitative estimate of drug-likeness (QED) is 0.690. The summed E-state index contributed by atoms with van der Waals surface area (Å²) in [4.78, 5) is 2.60. The maximum Gasteiger partial charge on any atom is 0.168 e. The van der Waals surface area contributed by atoms with Crippen LogP contribution in [0.15, 0.2) is 24.3 Å². The third kappa shape index (κ3) is 2.35. The van der Waals surface area contributed by atoms with Crippen LogP contribution in [0.3, 0.4) is 0 Å². The molecule has 146 valence electrons. The minimum absolute atomic E-state index is 0.157. The number of methoxy groups -OCH3 is 3. The van der Waals surface area contributed by atoms with Crippen LogP contribution in [0.25, 0.3) is 21.5 Å². The summed E-state index contributed by atoms with van der Waals surface area (Å²) in [6.45, 7) is 2.11. The van der Waals surface area contributed by atoms with Gasteiger partial charge >= 0.3 is 0 Å². The van der Waals surface area contributed by atoms with Crippen molar-refractivity contribution < 1.29 is 19.3 Å². The predicted molar refractivity (Wildman–Crippen MR) is 110 cm³/mol. The van der Waals surface area contributed by atoms with Crippen molar-refractivity contribution in [1.82, 2.24) is 4.90 Å². The van der Waals surface area contributed by atoms with Crippen LogP contribution >= 0.6 is 0 Å². The minimum atomic E-state index is 0.157. The fourth-order valence-corrected chi connectivity index (χ4v) is 5.14. The molecule has 5 heteroatoms. The summed E-state index contributed by atoms with van der Waals surface area (Å²) in [7, 11) is 4.92. The molecule has 5 nitrogen and oxygen atoms in total. The zero-order chi connectivity index (χ0) is 19.4. The van der Waals surface area contributed by atoms with E-state index in [2.05, 4.69) is 11.0 Å². The first-order chi connectivity index (χ1) is 13.7. The Balaban J connectivity index is 1.94. The second-order valence-electron chi connectivity index (χ2n) is 7.72. The van der Waals surface area contributed by atoms with Gasteiger partial charge in [-0.05, 0) is 71.3 Å². The van der Waals surface area contributed by atoms with E-state index in [1.54, 1.807) is 27.4 Å². The van der Waals surface area contributed by atoms with Crippen LogP contribution in [0.1, 0.15) is 24.0 Å². The van der Waals surface area contributed by atoms with Gasteiger partial charge in [-0.25, -0.2) is 0 Å². The Kier molecular flexibility index (Phi) is 4.02. The minimum Gasteiger partial charge on any atom is -0.504 e. The monoisotopic (exact) mass is 379 g/mol. The van der Waals surface area contributed by atoms with Gasteiger partial charge in [0.25, 0.3) is 0 Å². The van der Waals surface area contributed by atoms with Crippen molar-refractivity contribution in [3.63, 3.8) is 0 Å². The lowest BCUT2D eigenvalue weighted by Gasteiger charge is -2.33. The van der Waals surface area contributed by atoms with Gasteiger partial charge in [0.2, 0.25) is 0 Å². The summed E-state index contributed by atoms with van der Waals surface area (Å²) in [5, 5.41) is 14.7. The van der Waals surface area contributed by atoms with E-state index in [9.17, 15) is 5.11 Å². The first-order valence-electron chi connectivity index (χ1n) is 9.79. The van der Waals surface area contributed by atoms with Crippen molar-refractivity contribution >= 4 is 21.5 Å². The molecule has 3 aromatic carbocycles. The number of fused-ring (bicyclic) bond motifs is 7. The number of phenolic OH excluding ortho intramolecular Hbond substituents is 1. The Hall–Kier alpha value is -2.66. The van der Waals surface area contributed by atoms with Crippen molar-refractivity contribution in [3.8, 4) is 23.0 Å². The second-order valence-corrected chi connectivity index (χ2v) is 7.72. The van der Waals surface area contributed by atoms with Crippen LogP contribution in [0, 0.1) is 0 Å². The molecule has 0 bridgehead atoms. The highest BCUT2D eigenvalue weighted by molar-refractivity contribution is 6.15. The molecule has 0 amide bonds. The first kappa shape index (κ1) is 17.4. The van der Waals surface area contributed by atoms with E-state index in [4.69, 9.17) is 14.2 Å². The van der Waals surface area contributed by atoms with E-state index in [1.165, 1.54) is 24.0 Å². The summed E-state index contributed by atoms with van der Waals surface area (Å²) < 4.78 is 16.8.